The molecule has 0 spiro atoms. The van der Waals surface area contributed by atoms with Crippen LogP contribution < -0.4 is 14.8 Å². The zero-order chi connectivity index (χ0) is 13.7. The minimum absolute atomic E-state index is 0.525. The number of benzene rings is 1. The van der Waals surface area contributed by atoms with Gasteiger partial charge in [-0.15, -0.1) is 0 Å². The first kappa shape index (κ1) is 14.2. The fraction of sp³-hybridized carbons (Fsp3) is 0.600. The molecule has 0 saturated carbocycles. The van der Waals surface area contributed by atoms with Crippen LogP contribution in [0.3, 0.4) is 0 Å². The van der Waals surface area contributed by atoms with Gasteiger partial charge in [-0.25, -0.2) is 0 Å². The number of ether oxygens (including phenoxy) is 3. The van der Waals surface area contributed by atoms with Gasteiger partial charge in [0.2, 0.25) is 0 Å². The molecule has 0 aliphatic carbocycles. The standard InChI is InChI=1S/C15H23NO3/c1-17-10-13-12(9-11-5-4-8-16-11)14(18-2)6-7-15(13)19-3/h6-7,11,16H,4-5,8-10H2,1-3H3. The molecule has 1 aliphatic rings. The minimum Gasteiger partial charge on any atom is -0.496 e. The van der Waals surface area contributed by atoms with Crippen molar-refractivity contribution in [3.63, 3.8) is 0 Å². The van der Waals surface area contributed by atoms with Crippen molar-refractivity contribution in [3.8, 4) is 11.5 Å². The number of hydrogen-bond donors (Lipinski definition) is 1. The highest BCUT2D eigenvalue weighted by molar-refractivity contribution is 5.49. The van der Waals surface area contributed by atoms with E-state index in [1.165, 1.54) is 18.4 Å². The second kappa shape index (κ2) is 6.78. The summed E-state index contributed by atoms with van der Waals surface area (Å²) in [5, 5.41) is 3.53. The predicted octanol–water partition coefficient (Wildman–Crippen LogP) is 2.14. The lowest BCUT2D eigenvalue weighted by molar-refractivity contribution is 0.180. The Morgan fingerprint density at radius 1 is 1.11 bits per heavy atom. The van der Waals surface area contributed by atoms with Crippen LogP contribution in [0, 0.1) is 0 Å². The van der Waals surface area contributed by atoms with Crippen molar-refractivity contribution in [2.24, 2.45) is 0 Å². The van der Waals surface area contributed by atoms with E-state index >= 15 is 0 Å². The smallest absolute Gasteiger partial charge is 0.124 e. The lowest BCUT2D eigenvalue weighted by Gasteiger charge is -2.19. The molecule has 4 nitrogen and oxygen atoms in total. The molecule has 4 heteroatoms. The Morgan fingerprint density at radius 2 is 1.79 bits per heavy atom. The maximum Gasteiger partial charge on any atom is 0.124 e. The van der Waals surface area contributed by atoms with Crippen LogP contribution in [0.2, 0.25) is 0 Å². The first-order valence-corrected chi connectivity index (χ1v) is 6.75. The van der Waals surface area contributed by atoms with Crippen molar-refractivity contribution in [3.05, 3.63) is 23.3 Å². The number of rotatable bonds is 6. The average molecular weight is 265 g/mol. The van der Waals surface area contributed by atoms with Crippen molar-refractivity contribution in [1.29, 1.82) is 0 Å². The molecular formula is C15H23NO3. The van der Waals surface area contributed by atoms with Crippen molar-refractivity contribution < 1.29 is 14.2 Å². The van der Waals surface area contributed by atoms with Gasteiger partial charge < -0.3 is 19.5 Å². The molecule has 1 heterocycles. The molecule has 0 radical (unpaired) electrons. The maximum absolute atomic E-state index is 5.50. The van der Waals surface area contributed by atoms with Gasteiger partial charge in [0.05, 0.1) is 20.8 Å². The van der Waals surface area contributed by atoms with Crippen LogP contribution in [-0.2, 0) is 17.8 Å². The van der Waals surface area contributed by atoms with Crippen LogP contribution in [0.4, 0.5) is 0 Å². The van der Waals surface area contributed by atoms with E-state index in [4.69, 9.17) is 14.2 Å². The monoisotopic (exact) mass is 265 g/mol. The highest BCUT2D eigenvalue weighted by Gasteiger charge is 2.21. The number of hydrogen-bond acceptors (Lipinski definition) is 4. The van der Waals surface area contributed by atoms with Crippen LogP contribution in [0.25, 0.3) is 0 Å². The summed E-state index contributed by atoms with van der Waals surface area (Å²) in [5.41, 5.74) is 2.29. The third kappa shape index (κ3) is 3.19. The van der Waals surface area contributed by atoms with Crippen LogP contribution >= 0.6 is 0 Å². The molecular weight excluding hydrogens is 242 g/mol. The van der Waals surface area contributed by atoms with Gasteiger partial charge in [-0.05, 0) is 37.9 Å². The van der Waals surface area contributed by atoms with Crippen LogP contribution in [-0.4, -0.2) is 33.9 Å². The van der Waals surface area contributed by atoms with Crippen molar-refractivity contribution in [2.75, 3.05) is 27.9 Å². The Bertz CT molecular complexity index is 414. The molecule has 0 aromatic heterocycles. The number of methoxy groups -OCH3 is 3. The van der Waals surface area contributed by atoms with Gasteiger partial charge >= 0.3 is 0 Å². The van der Waals surface area contributed by atoms with E-state index in [-0.39, 0.29) is 0 Å². The molecule has 0 bridgehead atoms. The SMILES string of the molecule is COCc1c(OC)ccc(OC)c1CC1CCCN1. The fourth-order valence-electron chi connectivity index (χ4n) is 2.74. The van der Waals surface area contributed by atoms with E-state index in [0.29, 0.717) is 12.6 Å². The Hall–Kier alpha value is -1.26. The summed E-state index contributed by atoms with van der Waals surface area (Å²) in [4.78, 5) is 0. The highest BCUT2D eigenvalue weighted by Crippen LogP contribution is 2.33. The third-order valence-corrected chi connectivity index (χ3v) is 3.69. The second-order valence-electron chi connectivity index (χ2n) is 4.86. The summed E-state index contributed by atoms with van der Waals surface area (Å²) in [6.07, 6.45) is 3.42. The summed E-state index contributed by atoms with van der Waals surface area (Å²) in [5.74, 6) is 1.79. The lowest BCUT2D eigenvalue weighted by Crippen LogP contribution is -2.24. The fourth-order valence-corrected chi connectivity index (χ4v) is 2.74. The van der Waals surface area contributed by atoms with Gasteiger partial charge in [-0.1, -0.05) is 0 Å². The van der Waals surface area contributed by atoms with Crippen LogP contribution in [0.1, 0.15) is 24.0 Å². The van der Waals surface area contributed by atoms with Gasteiger partial charge in [-0.3, -0.25) is 0 Å². The lowest BCUT2D eigenvalue weighted by atomic mass is 9.97. The number of nitrogens with one attached hydrogen (secondary N) is 1. The highest BCUT2D eigenvalue weighted by atomic mass is 16.5. The zero-order valence-corrected chi connectivity index (χ0v) is 12.0. The molecule has 1 saturated heterocycles. The molecule has 1 unspecified atom stereocenters. The summed E-state index contributed by atoms with van der Waals surface area (Å²) in [6, 6.07) is 4.44. The van der Waals surface area contributed by atoms with Crippen molar-refractivity contribution in [2.45, 2.75) is 31.9 Å². The quantitative estimate of drug-likeness (QED) is 0.855. The molecule has 1 N–H and O–H groups in total. The van der Waals surface area contributed by atoms with Crippen LogP contribution in [0.15, 0.2) is 12.1 Å². The average Bonchev–Trinajstić information content (AvgIpc) is 2.93. The molecule has 1 fully saturated rings. The van der Waals surface area contributed by atoms with E-state index in [2.05, 4.69) is 5.32 Å². The molecule has 0 amide bonds. The Balaban J connectivity index is 2.34. The van der Waals surface area contributed by atoms with Gasteiger partial charge in [-0.2, -0.15) is 0 Å². The van der Waals surface area contributed by atoms with Crippen LogP contribution in [0.5, 0.6) is 11.5 Å². The summed E-state index contributed by atoms with van der Waals surface area (Å²) in [6.45, 7) is 1.65. The predicted molar refractivity (Wildman–Crippen MR) is 75.0 cm³/mol. The normalized spacial score (nSPS) is 18.6. The largest absolute Gasteiger partial charge is 0.496 e. The molecule has 1 aromatic rings. The van der Waals surface area contributed by atoms with Crippen molar-refractivity contribution in [1.82, 2.24) is 5.32 Å². The molecule has 1 aromatic carbocycles. The van der Waals surface area contributed by atoms with E-state index in [9.17, 15) is 0 Å². The third-order valence-electron chi connectivity index (χ3n) is 3.69. The summed E-state index contributed by atoms with van der Waals surface area (Å²) in [7, 11) is 5.11. The summed E-state index contributed by atoms with van der Waals surface area (Å²) < 4.78 is 16.3. The Labute approximate surface area is 115 Å². The van der Waals surface area contributed by atoms with Gasteiger partial charge in [0.15, 0.2) is 0 Å². The van der Waals surface area contributed by atoms with E-state index in [1.807, 2.05) is 12.1 Å². The molecule has 2 rings (SSSR count). The Kier molecular flexibility index (Phi) is 5.05. The maximum atomic E-state index is 5.50. The van der Waals surface area contributed by atoms with Gasteiger partial charge in [0, 0.05) is 24.3 Å². The van der Waals surface area contributed by atoms with E-state index < -0.39 is 0 Å². The first-order valence-electron chi connectivity index (χ1n) is 6.75. The molecule has 106 valence electrons. The summed E-state index contributed by atoms with van der Waals surface area (Å²) >= 11 is 0. The molecule has 1 aliphatic heterocycles. The second-order valence-corrected chi connectivity index (χ2v) is 4.86. The minimum atomic E-state index is 0.525. The Morgan fingerprint density at radius 3 is 2.32 bits per heavy atom. The molecule has 19 heavy (non-hydrogen) atoms. The van der Waals surface area contributed by atoms with Gasteiger partial charge in [0.1, 0.15) is 11.5 Å². The van der Waals surface area contributed by atoms with Gasteiger partial charge in [0.25, 0.3) is 0 Å². The topological polar surface area (TPSA) is 39.7 Å². The van der Waals surface area contributed by atoms with E-state index in [0.717, 1.165) is 30.0 Å². The zero-order valence-electron chi connectivity index (χ0n) is 12.0. The molecule has 1 atom stereocenters. The van der Waals surface area contributed by atoms with Crippen molar-refractivity contribution >= 4 is 0 Å². The van der Waals surface area contributed by atoms with E-state index in [1.54, 1.807) is 21.3 Å². The first-order chi connectivity index (χ1) is 9.30.